The van der Waals surface area contributed by atoms with Crippen molar-refractivity contribution in [3.8, 4) is 0 Å². The highest BCUT2D eigenvalue weighted by atomic mass is 32.2. The van der Waals surface area contributed by atoms with Crippen LogP contribution in [0.3, 0.4) is 0 Å². The van der Waals surface area contributed by atoms with E-state index in [1.54, 1.807) is 22.4 Å². The monoisotopic (exact) mass is 548 g/mol. The van der Waals surface area contributed by atoms with Gasteiger partial charge in [-0.1, -0.05) is 66.7 Å². The van der Waals surface area contributed by atoms with E-state index in [9.17, 15) is 18.0 Å². The van der Waals surface area contributed by atoms with Crippen LogP contribution in [0, 0.1) is 0 Å². The zero-order valence-electron chi connectivity index (χ0n) is 20.9. The summed E-state index contributed by atoms with van der Waals surface area (Å²) in [5.41, 5.74) is 2.54. The molecule has 1 aliphatic rings. The van der Waals surface area contributed by atoms with Crippen LogP contribution in [0.25, 0.3) is 10.8 Å². The van der Waals surface area contributed by atoms with Crippen LogP contribution in [0.4, 0.5) is 5.69 Å². The highest BCUT2D eigenvalue weighted by Crippen LogP contribution is 2.37. The molecule has 0 bridgehead atoms. The normalized spacial score (nSPS) is 15.7. The number of hydrogen-bond donors (Lipinski definition) is 0. The van der Waals surface area contributed by atoms with Crippen molar-refractivity contribution in [1.82, 2.24) is 4.31 Å². The number of ether oxygens (including phenoxy) is 1. The van der Waals surface area contributed by atoms with E-state index in [2.05, 4.69) is 0 Å². The van der Waals surface area contributed by atoms with Crippen molar-refractivity contribution in [3.05, 3.63) is 95.4 Å². The Balaban J connectivity index is 1.33. The van der Waals surface area contributed by atoms with Gasteiger partial charge >= 0.3 is 5.97 Å². The molecule has 0 saturated carbocycles. The number of hydrogen-bond acceptors (Lipinski definition) is 6. The molecule has 5 rings (SSSR count). The second-order valence-corrected chi connectivity index (χ2v) is 12.1. The fourth-order valence-electron chi connectivity index (χ4n) is 5.02. The fraction of sp³-hybridized carbons (Fsp3) is 0.241. The number of nitrogens with zero attached hydrogens (tertiary/aromatic N) is 2. The molecule has 0 radical (unpaired) electrons. The van der Waals surface area contributed by atoms with Gasteiger partial charge in [0.05, 0.1) is 18.2 Å². The zero-order chi connectivity index (χ0) is 26.7. The van der Waals surface area contributed by atoms with E-state index in [0.717, 1.165) is 38.9 Å². The predicted molar refractivity (Wildman–Crippen MR) is 149 cm³/mol. The number of fused-ring (bicyclic) bond motifs is 2. The summed E-state index contributed by atoms with van der Waals surface area (Å²) in [6.07, 6.45) is 0.372. The van der Waals surface area contributed by atoms with Crippen molar-refractivity contribution < 1.29 is 22.7 Å². The van der Waals surface area contributed by atoms with E-state index < -0.39 is 28.6 Å². The molecule has 1 amide bonds. The molecular weight excluding hydrogens is 520 g/mol. The quantitative estimate of drug-likeness (QED) is 0.284. The maximum Gasteiger partial charge on any atom is 0.308 e. The third-order valence-electron chi connectivity index (χ3n) is 6.81. The number of carbonyl (C=O) groups is 2. The molecule has 196 valence electrons. The standard InChI is InChI=1S/C29H28N2O5S2/c1-2-30(25-14-7-11-21-9-3-5-12-23(21)25)27(32)20-36-28(33)19-26-24-13-6-4-10-22(24)16-17-31(26)38(34,35)29-15-8-18-37-29/h3-15,18,26H,2,16-17,19-20H2,1H3/t26-/m0/s1. The second kappa shape index (κ2) is 11.1. The number of rotatable bonds is 8. The van der Waals surface area contributed by atoms with Crippen LogP contribution in [0.2, 0.25) is 0 Å². The van der Waals surface area contributed by atoms with Crippen LogP contribution in [0.1, 0.15) is 30.5 Å². The highest BCUT2D eigenvalue weighted by molar-refractivity contribution is 7.91. The first-order valence-corrected chi connectivity index (χ1v) is 14.8. The Kier molecular flexibility index (Phi) is 7.60. The number of sulfonamides is 1. The van der Waals surface area contributed by atoms with Gasteiger partial charge in [-0.25, -0.2) is 8.42 Å². The summed E-state index contributed by atoms with van der Waals surface area (Å²) >= 11 is 1.15. The summed E-state index contributed by atoms with van der Waals surface area (Å²) in [7, 11) is -3.79. The summed E-state index contributed by atoms with van der Waals surface area (Å²) in [5.74, 6) is -0.968. The first kappa shape index (κ1) is 26.1. The summed E-state index contributed by atoms with van der Waals surface area (Å²) in [6.45, 7) is 2.11. The lowest BCUT2D eigenvalue weighted by Crippen LogP contribution is -2.41. The van der Waals surface area contributed by atoms with E-state index in [0.29, 0.717) is 13.0 Å². The first-order chi connectivity index (χ1) is 18.4. The number of carbonyl (C=O) groups excluding carboxylic acids is 2. The number of likely N-dealkylation sites (N-methyl/N-ethyl adjacent to an activating group) is 1. The molecule has 1 aromatic heterocycles. The van der Waals surface area contributed by atoms with Gasteiger partial charge in [0.15, 0.2) is 6.61 Å². The van der Waals surface area contributed by atoms with E-state index >= 15 is 0 Å². The highest BCUT2D eigenvalue weighted by Gasteiger charge is 2.38. The van der Waals surface area contributed by atoms with Crippen molar-refractivity contribution in [2.24, 2.45) is 0 Å². The fourth-order valence-corrected chi connectivity index (χ4v) is 7.74. The Morgan fingerprint density at radius 2 is 1.76 bits per heavy atom. The molecular formula is C29H28N2O5S2. The predicted octanol–water partition coefficient (Wildman–Crippen LogP) is 5.18. The number of amides is 1. The van der Waals surface area contributed by atoms with Gasteiger partial charge < -0.3 is 9.64 Å². The van der Waals surface area contributed by atoms with Crippen molar-refractivity contribution >= 4 is 49.7 Å². The SMILES string of the molecule is CCN(C(=O)COC(=O)C[C@H]1c2ccccc2CCN1S(=O)(=O)c1cccs1)c1cccc2ccccc12. The summed E-state index contributed by atoms with van der Waals surface area (Å²) in [6, 6.07) is 23.6. The van der Waals surface area contributed by atoms with Gasteiger partial charge in [-0.15, -0.1) is 11.3 Å². The first-order valence-electron chi connectivity index (χ1n) is 12.5. The number of benzene rings is 3. The van der Waals surface area contributed by atoms with E-state index in [1.165, 1.54) is 4.31 Å². The average Bonchev–Trinajstić information content (AvgIpc) is 3.49. The van der Waals surface area contributed by atoms with Gasteiger partial charge in [0, 0.05) is 18.5 Å². The lowest BCUT2D eigenvalue weighted by Gasteiger charge is -2.35. The topological polar surface area (TPSA) is 84.0 Å². The molecule has 4 aromatic rings. The lowest BCUT2D eigenvalue weighted by molar-refractivity contribution is -0.148. The van der Waals surface area contributed by atoms with E-state index in [-0.39, 0.29) is 23.1 Å². The lowest BCUT2D eigenvalue weighted by atomic mass is 9.92. The van der Waals surface area contributed by atoms with Crippen LogP contribution in [-0.4, -0.2) is 44.3 Å². The molecule has 0 unspecified atom stereocenters. The summed E-state index contributed by atoms with van der Waals surface area (Å²) in [4.78, 5) is 27.8. The minimum absolute atomic E-state index is 0.185. The van der Waals surface area contributed by atoms with Crippen LogP contribution >= 0.6 is 11.3 Å². The Morgan fingerprint density at radius 1 is 1.00 bits per heavy atom. The zero-order valence-corrected chi connectivity index (χ0v) is 22.6. The van der Waals surface area contributed by atoms with Crippen LogP contribution in [0.15, 0.2) is 88.5 Å². The maximum atomic E-state index is 13.4. The molecule has 0 aliphatic carbocycles. The Bertz CT molecular complexity index is 1560. The Hall–Kier alpha value is -3.53. The molecule has 9 heteroatoms. The molecule has 0 saturated heterocycles. The van der Waals surface area contributed by atoms with Gasteiger partial charge in [0.25, 0.3) is 15.9 Å². The largest absolute Gasteiger partial charge is 0.455 e. The van der Waals surface area contributed by atoms with Gasteiger partial charge in [-0.05, 0) is 47.4 Å². The number of anilines is 1. The molecule has 2 heterocycles. The van der Waals surface area contributed by atoms with Crippen LogP contribution in [0.5, 0.6) is 0 Å². The molecule has 3 aromatic carbocycles. The Morgan fingerprint density at radius 3 is 2.55 bits per heavy atom. The van der Waals surface area contributed by atoms with E-state index in [1.807, 2.05) is 73.7 Å². The van der Waals surface area contributed by atoms with Gasteiger partial charge in [-0.3, -0.25) is 9.59 Å². The van der Waals surface area contributed by atoms with Crippen LogP contribution in [-0.2, 0) is 30.8 Å². The summed E-state index contributed by atoms with van der Waals surface area (Å²) < 4.78 is 33.9. The molecule has 0 N–H and O–H groups in total. The molecule has 38 heavy (non-hydrogen) atoms. The van der Waals surface area contributed by atoms with E-state index in [4.69, 9.17) is 4.74 Å². The van der Waals surface area contributed by atoms with Gasteiger partial charge in [0.2, 0.25) is 0 Å². The number of esters is 1. The molecule has 7 nitrogen and oxygen atoms in total. The smallest absolute Gasteiger partial charge is 0.308 e. The minimum Gasteiger partial charge on any atom is -0.455 e. The third-order valence-corrected chi connectivity index (χ3v) is 10.1. The molecule has 0 fully saturated rings. The van der Waals surface area contributed by atoms with Crippen molar-refractivity contribution in [3.63, 3.8) is 0 Å². The molecule has 1 atom stereocenters. The minimum atomic E-state index is -3.79. The molecule has 1 aliphatic heterocycles. The Labute approximate surface area is 226 Å². The molecule has 0 spiro atoms. The number of thiophene rings is 1. The van der Waals surface area contributed by atoms with Gasteiger partial charge in [-0.2, -0.15) is 4.31 Å². The summed E-state index contributed by atoms with van der Waals surface area (Å²) in [5, 5.41) is 3.66. The third kappa shape index (κ3) is 5.09. The van der Waals surface area contributed by atoms with Crippen molar-refractivity contribution in [2.45, 2.75) is 30.0 Å². The average molecular weight is 549 g/mol. The van der Waals surface area contributed by atoms with Crippen LogP contribution < -0.4 is 4.90 Å². The van der Waals surface area contributed by atoms with Crippen molar-refractivity contribution in [1.29, 1.82) is 0 Å². The second-order valence-electron chi connectivity index (χ2n) is 9.01. The van der Waals surface area contributed by atoms with Gasteiger partial charge in [0.1, 0.15) is 4.21 Å². The maximum absolute atomic E-state index is 13.4. The van der Waals surface area contributed by atoms with Crippen molar-refractivity contribution in [2.75, 3.05) is 24.6 Å².